The molecule has 1 aliphatic rings. The largest absolute Gasteiger partial charge is 0.356 e. The van der Waals surface area contributed by atoms with Crippen LogP contribution in [0.25, 0.3) is 0 Å². The molecule has 0 saturated heterocycles. The van der Waals surface area contributed by atoms with Crippen molar-refractivity contribution in [1.82, 2.24) is 9.88 Å². The molecule has 0 radical (unpaired) electrons. The molecule has 4 nitrogen and oxygen atoms in total. The number of carbonyl (C=O) groups excluding carboxylic acids is 1. The highest BCUT2D eigenvalue weighted by Crippen LogP contribution is 2.29. The average molecular weight is 284 g/mol. The van der Waals surface area contributed by atoms with E-state index in [1.807, 2.05) is 11.8 Å². The number of carbonyl (C=O) groups is 1. The maximum absolute atomic E-state index is 12.5. The summed E-state index contributed by atoms with van der Waals surface area (Å²) in [5.41, 5.74) is 6.43. The Morgan fingerprint density at radius 3 is 2.84 bits per heavy atom. The van der Waals surface area contributed by atoms with E-state index in [2.05, 4.69) is 4.98 Å². The van der Waals surface area contributed by atoms with Gasteiger partial charge < -0.3 is 15.6 Å². The molecule has 0 aliphatic heterocycles. The highest BCUT2D eigenvalue weighted by atomic mass is 35.5. The second-order valence-corrected chi connectivity index (χ2v) is 5.61. The van der Waals surface area contributed by atoms with Crippen LogP contribution in [0.1, 0.15) is 43.1 Å². The Morgan fingerprint density at radius 1 is 1.53 bits per heavy atom. The first-order valence-electron chi connectivity index (χ1n) is 7.02. The Bertz CT molecular complexity index is 432. The van der Waals surface area contributed by atoms with Crippen molar-refractivity contribution in [3.8, 4) is 0 Å². The quantitative estimate of drug-likeness (QED) is 0.892. The van der Waals surface area contributed by atoms with Gasteiger partial charge in [-0.2, -0.15) is 0 Å². The standard InChI is InChI=1S/C14H22ClN3O/c1-2-18(13-6-4-3-5-10(13)8-16)14(19)12-7-11(15)9-17-12/h7,9-10,13,17H,2-6,8,16H2,1H3. The van der Waals surface area contributed by atoms with Crippen LogP contribution >= 0.6 is 11.6 Å². The summed E-state index contributed by atoms with van der Waals surface area (Å²) in [4.78, 5) is 17.4. The van der Waals surface area contributed by atoms with Crippen molar-refractivity contribution in [3.63, 3.8) is 0 Å². The predicted molar refractivity (Wildman–Crippen MR) is 77.3 cm³/mol. The molecular weight excluding hydrogens is 262 g/mol. The van der Waals surface area contributed by atoms with Gasteiger partial charge in [0, 0.05) is 18.8 Å². The van der Waals surface area contributed by atoms with E-state index in [-0.39, 0.29) is 11.9 Å². The van der Waals surface area contributed by atoms with Crippen LogP contribution in [-0.2, 0) is 0 Å². The third-order valence-corrected chi connectivity index (χ3v) is 4.27. The minimum Gasteiger partial charge on any atom is -0.356 e. The van der Waals surface area contributed by atoms with Crippen LogP contribution in [0.2, 0.25) is 5.02 Å². The zero-order chi connectivity index (χ0) is 13.8. The predicted octanol–water partition coefficient (Wildman–Crippen LogP) is 2.65. The number of nitrogens with zero attached hydrogens (tertiary/aromatic N) is 1. The highest BCUT2D eigenvalue weighted by molar-refractivity contribution is 6.30. The Kier molecular flexibility index (Phi) is 4.88. The Labute approximate surface area is 119 Å². The minimum absolute atomic E-state index is 0.0275. The lowest BCUT2D eigenvalue weighted by molar-refractivity contribution is 0.0555. The zero-order valence-electron chi connectivity index (χ0n) is 11.4. The molecule has 1 aliphatic carbocycles. The van der Waals surface area contributed by atoms with Crippen LogP contribution in [0.4, 0.5) is 0 Å². The second kappa shape index (κ2) is 6.44. The van der Waals surface area contributed by atoms with E-state index in [0.717, 1.165) is 12.8 Å². The van der Waals surface area contributed by atoms with Crippen molar-refractivity contribution in [2.75, 3.05) is 13.1 Å². The molecule has 0 aromatic carbocycles. The van der Waals surface area contributed by atoms with Crippen LogP contribution in [0, 0.1) is 5.92 Å². The first-order valence-corrected chi connectivity index (χ1v) is 7.40. The van der Waals surface area contributed by atoms with E-state index in [1.54, 1.807) is 12.3 Å². The molecule has 2 unspecified atom stereocenters. The van der Waals surface area contributed by atoms with Gasteiger partial charge >= 0.3 is 0 Å². The van der Waals surface area contributed by atoms with E-state index in [9.17, 15) is 4.79 Å². The molecule has 5 heteroatoms. The molecular formula is C14H22ClN3O. The summed E-state index contributed by atoms with van der Waals surface area (Å²) in [6, 6.07) is 1.95. The molecule has 1 aromatic heterocycles. The van der Waals surface area contributed by atoms with Crippen molar-refractivity contribution < 1.29 is 4.79 Å². The van der Waals surface area contributed by atoms with Crippen LogP contribution < -0.4 is 5.73 Å². The molecule has 19 heavy (non-hydrogen) atoms. The van der Waals surface area contributed by atoms with E-state index in [1.165, 1.54) is 12.8 Å². The third kappa shape index (κ3) is 3.12. The first kappa shape index (κ1) is 14.4. The average Bonchev–Trinajstić information content (AvgIpc) is 2.86. The fraction of sp³-hybridized carbons (Fsp3) is 0.643. The topological polar surface area (TPSA) is 62.1 Å². The molecule has 106 valence electrons. The lowest BCUT2D eigenvalue weighted by Crippen LogP contribution is -2.48. The van der Waals surface area contributed by atoms with Crippen molar-refractivity contribution in [3.05, 3.63) is 23.0 Å². The number of nitrogens with two attached hydrogens (primary N) is 1. The Hall–Kier alpha value is -1.00. The number of aromatic nitrogens is 1. The minimum atomic E-state index is 0.0275. The van der Waals surface area contributed by atoms with Gasteiger partial charge in [0.15, 0.2) is 0 Å². The summed E-state index contributed by atoms with van der Waals surface area (Å²) in [6.45, 7) is 3.38. The van der Waals surface area contributed by atoms with Crippen molar-refractivity contribution in [2.45, 2.75) is 38.6 Å². The number of hydrogen-bond acceptors (Lipinski definition) is 2. The van der Waals surface area contributed by atoms with Gasteiger partial charge in [0.25, 0.3) is 5.91 Å². The van der Waals surface area contributed by atoms with Gasteiger partial charge in [0.05, 0.1) is 5.02 Å². The summed E-state index contributed by atoms with van der Waals surface area (Å²) in [6.07, 6.45) is 6.21. The van der Waals surface area contributed by atoms with Gasteiger partial charge in [0.1, 0.15) is 5.69 Å². The molecule has 1 amide bonds. The zero-order valence-corrected chi connectivity index (χ0v) is 12.1. The van der Waals surface area contributed by atoms with Crippen LogP contribution in [-0.4, -0.2) is 34.9 Å². The number of nitrogens with one attached hydrogen (secondary N) is 1. The van der Waals surface area contributed by atoms with E-state index in [4.69, 9.17) is 17.3 Å². The van der Waals surface area contributed by atoms with Gasteiger partial charge in [-0.05, 0) is 38.3 Å². The van der Waals surface area contributed by atoms with E-state index < -0.39 is 0 Å². The van der Waals surface area contributed by atoms with Crippen LogP contribution in [0.5, 0.6) is 0 Å². The summed E-state index contributed by atoms with van der Waals surface area (Å²) >= 11 is 5.87. The normalized spacial score (nSPS) is 23.3. The van der Waals surface area contributed by atoms with Gasteiger partial charge in [-0.15, -0.1) is 0 Å². The summed E-state index contributed by atoms with van der Waals surface area (Å²) in [5, 5.41) is 0.568. The monoisotopic (exact) mass is 283 g/mol. The lowest BCUT2D eigenvalue weighted by atomic mass is 9.83. The Morgan fingerprint density at radius 2 is 2.26 bits per heavy atom. The molecule has 0 bridgehead atoms. The molecule has 1 heterocycles. The molecule has 1 fully saturated rings. The SMILES string of the molecule is CCN(C(=O)c1cc(Cl)c[nH]1)C1CCCCC1CN. The second-order valence-electron chi connectivity index (χ2n) is 5.17. The third-order valence-electron chi connectivity index (χ3n) is 4.05. The van der Waals surface area contributed by atoms with E-state index in [0.29, 0.717) is 29.7 Å². The number of H-pyrrole nitrogens is 1. The van der Waals surface area contributed by atoms with Crippen LogP contribution in [0.15, 0.2) is 12.3 Å². The fourth-order valence-electron chi connectivity index (χ4n) is 3.05. The smallest absolute Gasteiger partial charge is 0.270 e. The number of aromatic amines is 1. The van der Waals surface area contributed by atoms with Gasteiger partial charge in [-0.1, -0.05) is 24.4 Å². The number of halogens is 1. The lowest BCUT2D eigenvalue weighted by Gasteiger charge is -2.39. The van der Waals surface area contributed by atoms with Gasteiger partial charge in [0.2, 0.25) is 0 Å². The Balaban J connectivity index is 2.16. The number of hydrogen-bond donors (Lipinski definition) is 2. The van der Waals surface area contributed by atoms with Gasteiger partial charge in [-0.3, -0.25) is 4.79 Å². The molecule has 0 spiro atoms. The first-order chi connectivity index (χ1) is 9.17. The maximum Gasteiger partial charge on any atom is 0.270 e. The number of rotatable bonds is 4. The number of amides is 1. The summed E-state index contributed by atoms with van der Waals surface area (Å²) < 4.78 is 0. The molecule has 1 saturated carbocycles. The van der Waals surface area contributed by atoms with Crippen molar-refractivity contribution in [1.29, 1.82) is 0 Å². The molecule has 3 N–H and O–H groups in total. The highest BCUT2D eigenvalue weighted by Gasteiger charge is 2.32. The molecule has 1 aromatic rings. The molecule has 2 atom stereocenters. The van der Waals surface area contributed by atoms with Crippen molar-refractivity contribution >= 4 is 17.5 Å². The maximum atomic E-state index is 12.5. The van der Waals surface area contributed by atoms with Crippen molar-refractivity contribution in [2.24, 2.45) is 11.7 Å². The van der Waals surface area contributed by atoms with Crippen LogP contribution in [0.3, 0.4) is 0 Å². The van der Waals surface area contributed by atoms with E-state index >= 15 is 0 Å². The molecule has 2 rings (SSSR count). The summed E-state index contributed by atoms with van der Waals surface area (Å²) in [5.74, 6) is 0.447. The van der Waals surface area contributed by atoms with Gasteiger partial charge in [-0.25, -0.2) is 0 Å². The fourth-order valence-corrected chi connectivity index (χ4v) is 3.21. The summed E-state index contributed by atoms with van der Waals surface area (Å²) in [7, 11) is 0.